The number of rotatable bonds is 3. The average Bonchev–Trinajstić information content (AvgIpc) is 3.30. The van der Waals surface area contributed by atoms with E-state index in [2.05, 4.69) is 4.90 Å². The van der Waals surface area contributed by atoms with Crippen LogP contribution in [0.25, 0.3) is 0 Å². The second-order valence-electron chi connectivity index (χ2n) is 6.05. The predicted molar refractivity (Wildman–Crippen MR) is 81.5 cm³/mol. The minimum absolute atomic E-state index is 0.0918. The molecule has 1 aromatic rings. The van der Waals surface area contributed by atoms with Crippen molar-refractivity contribution in [3.05, 3.63) is 33.9 Å². The lowest BCUT2D eigenvalue weighted by atomic mass is 10.1. The molecule has 1 unspecified atom stereocenters. The summed E-state index contributed by atoms with van der Waals surface area (Å²) in [4.78, 5) is 25.5. The third-order valence-corrected chi connectivity index (χ3v) is 4.46. The lowest BCUT2D eigenvalue weighted by Crippen LogP contribution is -2.53. The fraction of sp³-hybridized carbons (Fsp3) is 0.533. The van der Waals surface area contributed by atoms with E-state index >= 15 is 0 Å². The molecule has 1 aliphatic heterocycles. The van der Waals surface area contributed by atoms with Gasteiger partial charge in [0.25, 0.3) is 5.69 Å². The average molecular weight is 305 g/mol. The van der Waals surface area contributed by atoms with Crippen molar-refractivity contribution in [2.24, 2.45) is 0 Å². The maximum atomic E-state index is 11.1. The van der Waals surface area contributed by atoms with Crippen molar-refractivity contribution in [3.63, 3.8) is 0 Å². The van der Waals surface area contributed by atoms with E-state index in [1.807, 2.05) is 13.0 Å². The van der Waals surface area contributed by atoms with Crippen LogP contribution in [0.1, 0.15) is 31.2 Å². The van der Waals surface area contributed by atoms with Crippen LogP contribution in [0.5, 0.6) is 0 Å². The van der Waals surface area contributed by atoms with Crippen molar-refractivity contribution in [2.45, 2.75) is 31.7 Å². The minimum Gasteiger partial charge on any atom is -0.465 e. The van der Waals surface area contributed by atoms with Gasteiger partial charge in [-0.1, -0.05) is 0 Å². The molecule has 2 aliphatic rings. The number of anilines is 1. The van der Waals surface area contributed by atoms with Crippen LogP contribution < -0.4 is 4.90 Å². The molecule has 1 heterocycles. The Balaban J connectivity index is 1.82. The second kappa shape index (κ2) is 5.47. The molecule has 22 heavy (non-hydrogen) atoms. The van der Waals surface area contributed by atoms with E-state index in [9.17, 15) is 14.9 Å². The number of carboxylic acid groups (broad SMARTS) is 1. The summed E-state index contributed by atoms with van der Waals surface area (Å²) in [5, 5.41) is 20.3. The lowest BCUT2D eigenvalue weighted by Gasteiger charge is -2.39. The maximum Gasteiger partial charge on any atom is 0.407 e. The number of benzene rings is 1. The number of piperazine rings is 1. The van der Waals surface area contributed by atoms with Crippen LogP contribution in [-0.4, -0.2) is 46.7 Å². The van der Waals surface area contributed by atoms with Crippen molar-refractivity contribution in [1.29, 1.82) is 0 Å². The van der Waals surface area contributed by atoms with E-state index in [-0.39, 0.29) is 16.7 Å². The molecule has 118 valence electrons. The van der Waals surface area contributed by atoms with E-state index < -0.39 is 6.09 Å². The number of amides is 1. The Hall–Kier alpha value is -2.31. The van der Waals surface area contributed by atoms with Crippen LogP contribution in [0.4, 0.5) is 16.2 Å². The molecule has 1 aliphatic carbocycles. The lowest BCUT2D eigenvalue weighted by molar-refractivity contribution is -0.385. The van der Waals surface area contributed by atoms with Crippen LogP contribution in [0, 0.1) is 10.1 Å². The van der Waals surface area contributed by atoms with Gasteiger partial charge in [-0.3, -0.25) is 10.1 Å². The fourth-order valence-corrected chi connectivity index (χ4v) is 3.10. The molecule has 1 N–H and O–H groups in total. The summed E-state index contributed by atoms with van der Waals surface area (Å²) in [6, 6.07) is 5.18. The zero-order chi connectivity index (χ0) is 15.9. The molecule has 1 saturated heterocycles. The third-order valence-electron chi connectivity index (χ3n) is 4.46. The van der Waals surface area contributed by atoms with Gasteiger partial charge < -0.3 is 14.9 Å². The number of nitrogens with zero attached hydrogens (tertiary/aromatic N) is 3. The van der Waals surface area contributed by atoms with Gasteiger partial charge in [0, 0.05) is 43.0 Å². The van der Waals surface area contributed by atoms with Crippen LogP contribution >= 0.6 is 0 Å². The van der Waals surface area contributed by atoms with Gasteiger partial charge in [-0.05, 0) is 37.8 Å². The molecule has 0 radical (unpaired) electrons. The Bertz CT molecular complexity index is 615. The highest BCUT2D eigenvalue weighted by Gasteiger charge is 2.32. The number of nitro groups is 1. The molecule has 1 atom stereocenters. The Morgan fingerprint density at radius 1 is 1.36 bits per heavy atom. The topological polar surface area (TPSA) is 86.9 Å². The Morgan fingerprint density at radius 3 is 2.64 bits per heavy atom. The van der Waals surface area contributed by atoms with Crippen LogP contribution in [-0.2, 0) is 0 Å². The zero-order valence-corrected chi connectivity index (χ0v) is 12.4. The van der Waals surface area contributed by atoms with Gasteiger partial charge in [0.15, 0.2) is 0 Å². The molecule has 0 spiro atoms. The van der Waals surface area contributed by atoms with E-state index in [1.165, 1.54) is 4.90 Å². The standard InChI is InChI=1S/C15H19N3O4/c1-10-9-16(6-7-17(10)15(19)20)12-4-5-14(18(21)22)13(8-12)11-2-3-11/h4-5,8,10-11H,2-3,6-7,9H2,1H3,(H,19,20). The largest absolute Gasteiger partial charge is 0.465 e. The van der Waals surface area contributed by atoms with Gasteiger partial charge in [-0.2, -0.15) is 0 Å². The first-order chi connectivity index (χ1) is 10.5. The molecule has 2 fully saturated rings. The molecule has 7 nitrogen and oxygen atoms in total. The van der Waals surface area contributed by atoms with Crippen molar-refractivity contribution in [2.75, 3.05) is 24.5 Å². The summed E-state index contributed by atoms with van der Waals surface area (Å²) in [5.74, 6) is 0.304. The van der Waals surface area contributed by atoms with Crippen LogP contribution in [0.3, 0.4) is 0 Å². The zero-order valence-electron chi connectivity index (χ0n) is 12.4. The van der Waals surface area contributed by atoms with Gasteiger partial charge in [-0.25, -0.2) is 4.79 Å². The summed E-state index contributed by atoms with van der Waals surface area (Å²) in [5.41, 5.74) is 1.96. The van der Waals surface area contributed by atoms with E-state index in [1.54, 1.807) is 12.1 Å². The van der Waals surface area contributed by atoms with Crippen molar-refractivity contribution >= 4 is 17.5 Å². The summed E-state index contributed by atoms with van der Waals surface area (Å²) >= 11 is 0. The van der Waals surface area contributed by atoms with Crippen molar-refractivity contribution in [1.82, 2.24) is 4.90 Å². The van der Waals surface area contributed by atoms with Crippen molar-refractivity contribution < 1.29 is 14.8 Å². The quantitative estimate of drug-likeness (QED) is 0.685. The highest BCUT2D eigenvalue weighted by Crippen LogP contribution is 2.45. The predicted octanol–water partition coefficient (Wildman–Crippen LogP) is 2.66. The SMILES string of the molecule is CC1CN(c2ccc([N+](=O)[O-])c(C3CC3)c2)CCN1C(=O)O. The van der Waals surface area contributed by atoms with Gasteiger partial charge in [0.1, 0.15) is 0 Å². The van der Waals surface area contributed by atoms with E-state index in [0.29, 0.717) is 25.6 Å². The normalized spacial score (nSPS) is 21.8. The molecular weight excluding hydrogens is 286 g/mol. The highest BCUT2D eigenvalue weighted by molar-refractivity contribution is 5.66. The van der Waals surface area contributed by atoms with Gasteiger partial charge in [0.2, 0.25) is 0 Å². The number of hydrogen-bond acceptors (Lipinski definition) is 4. The molecular formula is C15H19N3O4. The monoisotopic (exact) mass is 305 g/mol. The van der Waals surface area contributed by atoms with Gasteiger partial charge >= 0.3 is 6.09 Å². The number of nitro benzene ring substituents is 1. The fourth-order valence-electron chi connectivity index (χ4n) is 3.10. The maximum absolute atomic E-state index is 11.1. The molecule has 0 bridgehead atoms. The molecule has 1 aromatic carbocycles. The Labute approximate surface area is 128 Å². The molecule has 1 amide bonds. The molecule has 1 saturated carbocycles. The van der Waals surface area contributed by atoms with Crippen molar-refractivity contribution in [3.8, 4) is 0 Å². The van der Waals surface area contributed by atoms with Gasteiger partial charge in [0.05, 0.1) is 4.92 Å². The summed E-state index contributed by atoms with van der Waals surface area (Å²) in [6.45, 7) is 3.55. The Kier molecular flexibility index (Phi) is 3.64. The summed E-state index contributed by atoms with van der Waals surface area (Å²) in [7, 11) is 0. The van der Waals surface area contributed by atoms with E-state index in [4.69, 9.17) is 5.11 Å². The first-order valence-electron chi connectivity index (χ1n) is 7.50. The summed E-state index contributed by atoms with van der Waals surface area (Å²) < 4.78 is 0. The van der Waals surface area contributed by atoms with Crippen LogP contribution in [0.2, 0.25) is 0 Å². The van der Waals surface area contributed by atoms with Crippen LogP contribution in [0.15, 0.2) is 18.2 Å². The molecule has 7 heteroatoms. The molecule has 0 aromatic heterocycles. The first-order valence-corrected chi connectivity index (χ1v) is 7.50. The number of hydrogen-bond donors (Lipinski definition) is 1. The molecule has 3 rings (SSSR count). The van der Waals surface area contributed by atoms with Gasteiger partial charge in [-0.15, -0.1) is 0 Å². The Morgan fingerprint density at radius 2 is 2.09 bits per heavy atom. The first kappa shape index (κ1) is 14.6. The smallest absolute Gasteiger partial charge is 0.407 e. The summed E-state index contributed by atoms with van der Waals surface area (Å²) in [6.07, 6.45) is 1.12. The third kappa shape index (κ3) is 2.70. The number of carbonyl (C=O) groups is 1. The highest BCUT2D eigenvalue weighted by atomic mass is 16.6. The minimum atomic E-state index is -0.894. The van der Waals surface area contributed by atoms with E-state index in [0.717, 1.165) is 24.1 Å². The second-order valence-corrected chi connectivity index (χ2v) is 6.05.